The van der Waals surface area contributed by atoms with E-state index in [9.17, 15) is 9.59 Å². The van der Waals surface area contributed by atoms with E-state index < -0.39 is 12.0 Å². The van der Waals surface area contributed by atoms with Crippen molar-refractivity contribution in [2.45, 2.75) is 31.2 Å². The second kappa shape index (κ2) is 5.21. The van der Waals surface area contributed by atoms with Gasteiger partial charge in [0.2, 0.25) is 5.91 Å². The molecule has 1 aliphatic heterocycles. The van der Waals surface area contributed by atoms with E-state index in [1.165, 1.54) is 22.7 Å². The van der Waals surface area contributed by atoms with Gasteiger partial charge in [-0.1, -0.05) is 13.0 Å². The maximum Gasteiger partial charge on any atom is 0.327 e. The van der Waals surface area contributed by atoms with Gasteiger partial charge in [-0.3, -0.25) is 4.79 Å². The Hall–Kier alpha value is -0.970. The van der Waals surface area contributed by atoms with Crippen molar-refractivity contribution in [2.24, 2.45) is 0 Å². The minimum Gasteiger partial charge on any atom is -0.480 e. The first-order valence-corrected chi connectivity index (χ1v) is 5.93. The second-order valence-corrected chi connectivity index (χ2v) is 4.55. The van der Waals surface area contributed by atoms with Gasteiger partial charge in [0.15, 0.2) is 0 Å². The molecule has 1 fully saturated rings. The SMILES string of the molecule is C=CCC(=O)N1C(CC)SCC1C(=O)O. The molecular formula is C10H15NO3S. The summed E-state index contributed by atoms with van der Waals surface area (Å²) in [7, 11) is 0. The Bertz CT molecular complexity index is 280. The molecule has 0 aromatic rings. The Morgan fingerprint density at radius 1 is 1.67 bits per heavy atom. The smallest absolute Gasteiger partial charge is 0.327 e. The van der Waals surface area contributed by atoms with E-state index in [0.717, 1.165) is 6.42 Å². The number of carboxylic acid groups (broad SMARTS) is 1. The Balaban J connectivity index is 2.80. The fraction of sp³-hybridized carbons (Fsp3) is 0.600. The molecule has 0 spiro atoms. The zero-order valence-corrected chi connectivity index (χ0v) is 9.50. The number of carbonyl (C=O) groups excluding carboxylic acids is 1. The second-order valence-electron chi connectivity index (χ2n) is 3.34. The number of amides is 1. The summed E-state index contributed by atoms with van der Waals surface area (Å²) in [6.45, 7) is 5.45. The van der Waals surface area contributed by atoms with E-state index in [-0.39, 0.29) is 17.7 Å². The van der Waals surface area contributed by atoms with Crippen LogP contribution < -0.4 is 0 Å². The lowest BCUT2D eigenvalue weighted by atomic mass is 10.2. The van der Waals surface area contributed by atoms with Crippen molar-refractivity contribution in [3.63, 3.8) is 0 Å². The highest BCUT2D eigenvalue weighted by Gasteiger charge is 2.39. The third-order valence-electron chi connectivity index (χ3n) is 2.33. The Labute approximate surface area is 93.3 Å². The fourth-order valence-corrected chi connectivity index (χ4v) is 3.00. The molecule has 1 heterocycles. The van der Waals surface area contributed by atoms with Crippen LogP contribution in [-0.2, 0) is 9.59 Å². The molecule has 4 nitrogen and oxygen atoms in total. The predicted octanol–water partition coefficient (Wildman–Crippen LogP) is 1.33. The monoisotopic (exact) mass is 229 g/mol. The van der Waals surface area contributed by atoms with Crippen LogP contribution in [0, 0.1) is 0 Å². The molecule has 84 valence electrons. The first-order chi connectivity index (χ1) is 7.11. The number of carbonyl (C=O) groups is 2. The summed E-state index contributed by atoms with van der Waals surface area (Å²) in [5.74, 6) is -0.582. The molecule has 0 radical (unpaired) electrons. The van der Waals surface area contributed by atoms with E-state index in [2.05, 4.69) is 6.58 Å². The summed E-state index contributed by atoms with van der Waals surface area (Å²) in [6, 6.07) is -0.674. The Morgan fingerprint density at radius 3 is 2.80 bits per heavy atom. The molecule has 0 aromatic carbocycles. The van der Waals surface area contributed by atoms with Gasteiger partial charge in [0.1, 0.15) is 6.04 Å². The number of aliphatic carboxylic acids is 1. The first kappa shape index (κ1) is 12.1. The highest BCUT2D eigenvalue weighted by atomic mass is 32.2. The van der Waals surface area contributed by atoms with Gasteiger partial charge < -0.3 is 10.0 Å². The summed E-state index contributed by atoms with van der Waals surface area (Å²) < 4.78 is 0. The van der Waals surface area contributed by atoms with Gasteiger partial charge in [-0.15, -0.1) is 18.3 Å². The van der Waals surface area contributed by atoms with Crippen LogP contribution in [0.15, 0.2) is 12.7 Å². The standard InChI is InChI=1S/C10H15NO3S/c1-3-5-8(12)11-7(10(13)14)6-15-9(11)4-2/h3,7,9H,1,4-6H2,2H3,(H,13,14). The summed E-state index contributed by atoms with van der Waals surface area (Å²) in [6.07, 6.45) is 2.50. The van der Waals surface area contributed by atoms with Crippen molar-refractivity contribution in [1.29, 1.82) is 0 Å². The van der Waals surface area contributed by atoms with Crippen LogP contribution in [-0.4, -0.2) is 39.1 Å². The lowest BCUT2D eigenvalue weighted by molar-refractivity contribution is -0.148. The van der Waals surface area contributed by atoms with Gasteiger partial charge in [0.25, 0.3) is 0 Å². The third-order valence-corrected chi connectivity index (χ3v) is 3.79. The van der Waals surface area contributed by atoms with Crippen LogP contribution in [0.2, 0.25) is 0 Å². The van der Waals surface area contributed by atoms with E-state index >= 15 is 0 Å². The van der Waals surface area contributed by atoms with Crippen molar-refractivity contribution in [1.82, 2.24) is 4.90 Å². The molecule has 1 amide bonds. The molecule has 2 unspecified atom stereocenters. The fourth-order valence-electron chi connectivity index (χ4n) is 1.63. The summed E-state index contributed by atoms with van der Waals surface area (Å²) >= 11 is 1.53. The number of rotatable bonds is 4. The van der Waals surface area contributed by atoms with E-state index in [1.54, 1.807) is 0 Å². The van der Waals surface area contributed by atoms with Crippen LogP contribution in [0.4, 0.5) is 0 Å². The quantitative estimate of drug-likeness (QED) is 0.739. The molecule has 1 rings (SSSR count). The first-order valence-electron chi connectivity index (χ1n) is 4.88. The molecule has 0 saturated carbocycles. The number of nitrogens with zero attached hydrogens (tertiary/aromatic N) is 1. The van der Waals surface area contributed by atoms with Crippen LogP contribution in [0.25, 0.3) is 0 Å². The Morgan fingerprint density at radius 2 is 2.33 bits per heavy atom. The van der Waals surface area contributed by atoms with Gasteiger partial charge >= 0.3 is 5.97 Å². The maximum absolute atomic E-state index is 11.7. The molecule has 2 atom stereocenters. The number of hydrogen-bond acceptors (Lipinski definition) is 3. The number of thioether (sulfide) groups is 1. The largest absolute Gasteiger partial charge is 0.480 e. The lowest BCUT2D eigenvalue weighted by Crippen LogP contribution is -2.45. The molecule has 15 heavy (non-hydrogen) atoms. The zero-order chi connectivity index (χ0) is 11.4. The minimum absolute atomic E-state index is 0.00134. The number of hydrogen-bond donors (Lipinski definition) is 1. The lowest BCUT2D eigenvalue weighted by Gasteiger charge is -2.26. The van der Waals surface area contributed by atoms with Crippen molar-refractivity contribution in [3.05, 3.63) is 12.7 Å². The van der Waals surface area contributed by atoms with E-state index in [0.29, 0.717) is 5.75 Å². The zero-order valence-electron chi connectivity index (χ0n) is 8.68. The van der Waals surface area contributed by atoms with E-state index in [4.69, 9.17) is 5.11 Å². The van der Waals surface area contributed by atoms with Crippen molar-refractivity contribution < 1.29 is 14.7 Å². The van der Waals surface area contributed by atoms with Crippen molar-refractivity contribution in [2.75, 3.05) is 5.75 Å². The Kier molecular flexibility index (Phi) is 4.20. The molecule has 1 N–H and O–H groups in total. The van der Waals surface area contributed by atoms with Gasteiger partial charge in [-0.2, -0.15) is 0 Å². The molecule has 0 aromatic heterocycles. The van der Waals surface area contributed by atoms with Gasteiger partial charge in [-0.25, -0.2) is 4.79 Å². The molecule has 0 aliphatic carbocycles. The summed E-state index contributed by atoms with van der Waals surface area (Å²) in [5, 5.41) is 8.98. The molecular weight excluding hydrogens is 214 g/mol. The van der Waals surface area contributed by atoms with Gasteiger partial charge in [0.05, 0.1) is 5.37 Å². The topological polar surface area (TPSA) is 57.6 Å². The molecule has 1 aliphatic rings. The minimum atomic E-state index is -0.920. The van der Waals surface area contributed by atoms with Crippen LogP contribution in [0.3, 0.4) is 0 Å². The molecule has 1 saturated heterocycles. The molecule has 5 heteroatoms. The van der Waals surface area contributed by atoms with Crippen LogP contribution >= 0.6 is 11.8 Å². The van der Waals surface area contributed by atoms with Crippen LogP contribution in [0.1, 0.15) is 19.8 Å². The molecule has 0 bridgehead atoms. The summed E-state index contributed by atoms with van der Waals surface area (Å²) in [4.78, 5) is 24.1. The average molecular weight is 229 g/mol. The highest BCUT2D eigenvalue weighted by molar-refractivity contribution is 8.00. The normalized spacial score (nSPS) is 25.3. The number of carboxylic acids is 1. The summed E-state index contributed by atoms with van der Waals surface area (Å²) in [5.41, 5.74) is 0. The van der Waals surface area contributed by atoms with Crippen molar-refractivity contribution >= 4 is 23.6 Å². The maximum atomic E-state index is 11.7. The highest BCUT2D eigenvalue weighted by Crippen LogP contribution is 2.31. The average Bonchev–Trinajstić information content (AvgIpc) is 2.61. The predicted molar refractivity (Wildman–Crippen MR) is 59.6 cm³/mol. The van der Waals surface area contributed by atoms with Gasteiger partial charge in [0, 0.05) is 12.2 Å². The van der Waals surface area contributed by atoms with Gasteiger partial charge in [-0.05, 0) is 6.42 Å². The van der Waals surface area contributed by atoms with E-state index in [1.807, 2.05) is 6.92 Å². The third kappa shape index (κ3) is 2.53. The van der Waals surface area contributed by atoms with Crippen LogP contribution in [0.5, 0.6) is 0 Å². The van der Waals surface area contributed by atoms with Crippen molar-refractivity contribution in [3.8, 4) is 0 Å².